The van der Waals surface area contributed by atoms with Gasteiger partial charge in [0, 0.05) is 35.0 Å². The maximum absolute atomic E-state index is 14.4. The third-order valence-corrected chi connectivity index (χ3v) is 6.80. The third kappa shape index (κ3) is 2.98. The predicted octanol–water partition coefficient (Wildman–Crippen LogP) is 2.77. The SMILES string of the molecule is CN1CC[C@H](Nc2cccc3c2S(=O)(=O)C=C3c2cscn2)[C@H](F)C1. The summed E-state index contributed by atoms with van der Waals surface area (Å²) in [5.41, 5.74) is 4.01. The van der Waals surface area contributed by atoms with Gasteiger partial charge in [0.15, 0.2) is 0 Å². The molecule has 25 heavy (non-hydrogen) atoms. The lowest BCUT2D eigenvalue weighted by atomic mass is 10.0. The fourth-order valence-corrected chi connectivity index (χ4v) is 5.56. The molecule has 1 N–H and O–H groups in total. The van der Waals surface area contributed by atoms with Crippen molar-refractivity contribution >= 4 is 32.4 Å². The molecule has 132 valence electrons. The molecule has 2 aliphatic heterocycles. The van der Waals surface area contributed by atoms with Crippen molar-refractivity contribution in [2.45, 2.75) is 23.5 Å². The number of alkyl halides is 1. The van der Waals surface area contributed by atoms with Crippen molar-refractivity contribution in [3.05, 3.63) is 45.8 Å². The molecule has 0 aliphatic carbocycles. The standard InChI is InChI=1S/C17H18FN3O2S2/c1-21-6-5-14(13(18)7-21)20-15-4-2-3-11-12(16-8-24-10-19-16)9-25(22,23)17(11)15/h2-4,8-10,13-14,20H,5-7H2,1H3/t13-,14+/m1/s1. The smallest absolute Gasteiger partial charge is 0.203 e. The summed E-state index contributed by atoms with van der Waals surface area (Å²) < 4.78 is 39.8. The predicted molar refractivity (Wildman–Crippen MR) is 97.2 cm³/mol. The minimum absolute atomic E-state index is 0.226. The second-order valence-electron chi connectivity index (χ2n) is 6.45. The van der Waals surface area contributed by atoms with Gasteiger partial charge in [-0.15, -0.1) is 11.3 Å². The highest BCUT2D eigenvalue weighted by molar-refractivity contribution is 7.95. The molecular formula is C17H18FN3O2S2. The number of halogens is 1. The lowest BCUT2D eigenvalue weighted by molar-refractivity contribution is 0.149. The highest BCUT2D eigenvalue weighted by Gasteiger charge is 2.34. The molecule has 0 radical (unpaired) electrons. The molecule has 0 amide bonds. The number of rotatable bonds is 3. The van der Waals surface area contributed by atoms with E-state index in [0.29, 0.717) is 35.5 Å². The topological polar surface area (TPSA) is 62.3 Å². The molecule has 2 atom stereocenters. The number of fused-ring (bicyclic) bond motifs is 1. The van der Waals surface area contributed by atoms with Gasteiger partial charge in [-0.2, -0.15) is 0 Å². The number of nitrogens with zero attached hydrogens (tertiary/aromatic N) is 2. The molecule has 1 saturated heterocycles. The summed E-state index contributed by atoms with van der Waals surface area (Å²) in [6.07, 6.45) is -0.405. The van der Waals surface area contributed by atoms with Gasteiger partial charge in [-0.05, 0) is 19.5 Å². The second kappa shape index (κ2) is 6.19. The van der Waals surface area contributed by atoms with Crippen LogP contribution >= 0.6 is 11.3 Å². The molecule has 2 aliphatic rings. The van der Waals surface area contributed by atoms with Gasteiger partial charge in [0.25, 0.3) is 0 Å². The normalized spacial score (nSPS) is 25.4. The first-order chi connectivity index (χ1) is 12.0. The molecule has 4 rings (SSSR count). The highest BCUT2D eigenvalue weighted by atomic mass is 32.2. The van der Waals surface area contributed by atoms with E-state index < -0.39 is 16.0 Å². The summed E-state index contributed by atoms with van der Waals surface area (Å²) in [6, 6.07) is 4.89. The second-order valence-corrected chi connectivity index (χ2v) is 8.90. The zero-order chi connectivity index (χ0) is 17.6. The first-order valence-electron chi connectivity index (χ1n) is 8.03. The summed E-state index contributed by atoms with van der Waals surface area (Å²) >= 11 is 1.42. The van der Waals surface area contributed by atoms with Crippen LogP contribution in [0.5, 0.6) is 0 Å². The van der Waals surface area contributed by atoms with E-state index in [9.17, 15) is 12.8 Å². The monoisotopic (exact) mass is 379 g/mol. The van der Waals surface area contributed by atoms with E-state index in [1.54, 1.807) is 23.7 Å². The van der Waals surface area contributed by atoms with E-state index in [0.717, 1.165) is 6.54 Å². The largest absolute Gasteiger partial charge is 0.378 e. The fourth-order valence-electron chi connectivity index (χ4n) is 3.41. The zero-order valence-electron chi connectivity index (χ0n) is 13.6. The maximum Gasteiger partial charge on any atom is 0.203 e. The van der Waals surface area contributed by atoms with Crippen LogP contribution in [0.4, 0.5) is 10.1 Å². The Labute approximate surface area is 150 Å². The molecule has 3 heterocycles. The number of sulfone groups is 1. The molecule has 0 unspecified atom stereocenters. The third-order valence-electron chi connectivity index (χ3n) is 4.66. The van der Waals surface area contributed by atoms with Crippen molar-refractivity contribution in [2.75, 3.05) is 25.5 Å². The maximum atomic E-state index is 14.4. The lowest BCUT2D eigenvalue weighted by Crippen LogP contribution is -2.46. The molecule has 1 fully saturated rings. The van der Waals surface area contributed by atoms with Gasteiger partial charge in [-0.3, -0.25) is 0 Å². The first kappa shape index (κ1) is 16.7. The Balaban J connectivity index is 1.72. The van der Waals surface area contributed by atoms with Gasteiger partial charge in [0.2, 0.25) is 9.84 Å². The molecule has 0 saturated carbocycles. The van der Waals surface area contributed by atoms with Crippen LogP contribution in [0.2, 0.25) is 0 Å². The molecule has 1 aromatic carbocycles. The summed E-state index contributed by atoms with van der Waals surface area (Å²) in [7, 11) is -1.70. The number of aromatic nitrogens is 1. The fraction of sp³-hybridized carbons (Fsp3) is 0.353. The molecular weight excluding hydrogens is 361 g/mol. The Hall–Kier alpha value is -1.77. The van der Waals surface area contributed by atoms with Crippen LogP contribution in [0.15, 0.2) is 39.4 Å². The van der Waals surface area contributed by atoms with Crippen molar-refractivity contribution in [1.82, 2.24) is 9.88 Å². The van der Waals surface area contributed by atoms with E-state index >= 15 is 0 Å². The number of benzene rings is 1. The van der Waals surface area contributed by atoms with Gasteiger partial charge in [-0.25, -0.2) is 17.8 Å². The Morgan fingerprint density at radius 3 is 2.96 bits per heavy atom. The van der Waals surface area contributed by atoms with Gasteiger partial charge in [0.1, 0.15) is 11.1 Å². The van der Waals surface area contributed by atoms with E-state index in [4.69, 9.17) is 0 Å². The number of anilines is 1. The highest BCUT2D eigenvalue weighted by Crippen LogP contribution is 2.41. The van der Waals surface area contributed by atoms with Crippen LogP contribution in [0.3, 0.4) is 0 Å². The Bertz CT molecular complexity index is 925. The summed E-state index contributed by atoms with van der Waals surface area (Å²) in [4.78, 5) is 6.40. The quantitative estimate of drug-likeness (QED) is 0.889. The molecule has 5 nitrogen and oxygen atoms in total. The lowest BCUT2D eigenvalue weighted by Gasteiger charge is -2.33. The van der Waals surface area contributed by atoms with Crippen molar-refractivity contribution < 1.29 is 12.8 Å². The zero-order valence-corrected chi connectivity index (χ0v) is 15.3. The summed E-state index contributed by atoms with van der Waals surface area (Å²) in [6.45, 7) is 1.13. The van der Waals surface area contributed by atoms with Crippen LogP contribution in [0.25, 0.3) is 5.57 Å². The van der Waals surface area contributed by atoms with Gasteiger partial charge in [0.05, 0.1) is 22.9 Å². The van der Waals surface area contributed by atoms with Gasteiger partial charge in [-0.1, -0.05) is 12.1 Å². The average Bonchev–Trinajstić information content (AvgIpc) is 3.17. The van der Waals surface area contributed by atoms with Crippen LogP contribution in [-0.2, 0) is 9.84 Å². The van der Waals surface area contributed by atoms with Crippen LogP contribution in [-0.4, -0.2) is 50.7 Å². The van der Waals surface area contributed by atoms with Gasteiger partial charge < -0.3 is 10.2 Å². The Morgan fingerprint density at radius 2 is 2.24 bits per heavy atom. The van der Waals surface area contributed by atoms with E-state index in [-0.39, 0.29) is 10.9 Å². The number of likely N-dealkylation sites (tertiary alicyclic amines) is 1. The number of piperidine rings is 1. The molecule has 1 aromatic heterocycles. The van der Waals surface area contributed by atoms with Crippen molar-refractivity contribution in [3.63, 3.8) is 0 Å². The van der Waals surface area contributed by atoms with Crippen LogP contribution in [0.1, 0.15) is 17.7 Å². The van der Waals surface area contributed by atoms with Crippen LogP contribution < -0.4 is 5.32 Å². The van der Waals surface area contributed by atoms with Crippen molar-refractivity contribution in [1.29, 1.82) is 0 Å². The summed E-state index contributed by atoms with van der Waals surface area (Å²) in [5, 5.41) is 6.23. The molecule has 8 heteroatoms. The molecule has 0 bridgehead atoms. The minimum Gasteiger partial charge on any atom is -0.378 e. The Morgan fingerprint density at radius 1 is 1.40 bits per heavy atom. The summed E-state index contributed by atoms with van der Waals surface area (Å²) in [5.74, 6) is 0. The number of hydrogen-bond donors (Lipinski definition) is 1. The van der Waals surface area contributed by atoms with Crippen molar-refractivity contribution in [3.8, 4) is 0 Å². The number of thiazole rings is 1. The molecule has 0 spiro atoms. The van der Waals surface area contributed by atoms with E-state index in [1.807, 2.05) is 17.3 Å². The van der Waals surface area contributed by atoms with Crippen LogP contribution in [0, 0.1) is 0 Å². The van der Waals surface area contributed by atoms with E-state index in [1.165, 1.54) is 16.7 Å². The molecule has 2 aromatic rings. The Kier molecular flexibility index (Phi) is 4.13. The van der Waals surface area contributed by atoms with E-state index in [2.05, 4.69) is 10.3 Å². The van der Waals surface area contributed by atoms with Crippen molar-refractivity contribution in [2.24, 2.45) is 0 Å². The first-order valence-corrected chi connectivity index (χ1v) is 10.5. The minimum atomic E-state index is -3.58. The number of hydrogen-bond acceptors (Lipinski definition) is 6. The van der Waals surface area contributed by atoms with Gasteiger partial charge >= 0.3 is 0 Å². The average molecular weight is 379 g/mol. The number of nitrogens with one attached hydrogen (secondary N) is 1.